The maximum absolute atomic E-state index is 10.5. The van der Waals surface area contributed by atoms with Gasteiger partial charge in [-0.25, -0.2) is 9.78 Å². The lowest BCUT2D eigenvalue weighted by molar-refractivity contribution is -0.144. The second-order valence-corrected chi connectivity index (χ2v) is 4.99. The minimum atomic E-state index is -0.931. The third-order valence-electron chi connectivity index (χ3n) is 3.52. The first kappa shape index (κ1) is 13.7. The van der Waals surface area contributed by atoms with Crippen LogP contribution in [0, 0.1) is 0 Å². The number of aliphatic carboxylic acids is 1. The van der Waals surface area contributed by atoms with Crippen LogP contribution in [0.25, 0.3) is 11.0 Å². The van der Waals surface area contributed by atoms with Gasteiger partial charge in [-0.2, -0.15) is 0 Å². The van der Waals surface area contributed by atoms with E-state index in [1.165, 1.54) is 0 Å². The van der Waals surface area contributed by atoms with Crippen LogP contribution in [0.2, 0.25) is 0 Å². The maximum atomic E-state index is 10.5. The largest absolute Gasteiger partial charge is 0.480 e. The molecule has 1 fully saturated rings. The molecule has 2 heterocycles. The highest BCUT2D eigenvalue weighted by molar-refractivity contribution is 5.74. The Morgan fingerprint density at radius 1 is 1.24 bits per heavy atom. The van der Waals surface area contributed by atoms with Crippen LogP contribution in [0.1, 0.15) is 12.8 Å². The number of hydrogen-bond acceptors (Lipinski definition) is 6. The average Bonchev–Trinajstić information content (AvgIpc) is 2.53. The second-order valence-electron chi connectivity index (χ2n) is 4.99. The first-order chi connectivity index (χ1) is 10.2. The summed E-state index contributed by atoms with van der Waals surface area (Å²) in [5, 5.41) is 16.9. The molecular weight excluding hydrogens is 272 g/mol. The highest BCUT2D eigenvalue weighted by atomic mass is 16.5. The summed E-state index contributed by atoms with van der Waals surface area (Å²) in [5.41, 5.74) is 1.60. The van der Waals surface area contributed by atoms with Crippen molar-refractivity contribution in [3.8, 4) is 0 Å². The number of benzene rings is 1. The molecule has 0 aliphatic carbocycles. The Morgan fingerprint density at radius 3 is 2.67 bits per heavy atom. The first-order valence-electron chi connectivity index (χ1n) is 6.90. The minimum Gasteiger partial charge on any atom is -0.480 e. The van der Waals surface area contributed by atoms with Crippen molar-refractivity contribution in [2.45, 2.75) is 18.9 Å². The SMILES string of the molecule is O=C(O)COC1CCN(c2nnc3ccccc3n2)CC1. The molecule has 21 heavy (non-hydrogen) atoms. The molecule has 0 bridgehead atoms. The minimum absolute atomic E-state index is 0.00855. The summed E-state index contributed by atoms with van der Waals surface area (Å²) in [7, 11) is 0. The van der Waals surface area contributed by atoms with E-state index in [1.807, 2.05) is 24.3 Å². The average molecular weight is 288 g/mol. The van der Waals surface area contributed by atoms with E-state index in [4.69, 9.17) is 9.84 Å². The third-order valence-corrected chi connectivity index (χ3v) is 3.52. The zero-order valence-electron chi connectivity index (χ0n) is 11.5. The van der Waals surface area contributed by atoms with Gasteiger partial charge in [-0.15, -0.1) is 10.2 Å². The molecule has 1 N–H and O–H groups in total. The van der Waals surface area contributed by atoms with Gasteiger partial charge in [0.25, 0.3) is 0 Å². The van der Waals surface area contributed by atoms with E-state index in [0.29, 0.717) is 5.95 Å². The van der Waals surface area contributed by atoms with Crippen LogP contribution >= 0.6 is 0 Å². The van der Waals surface area contributed by atoms with Gasteiger partial charge >= 0.3 is 5.97 Å². The summed E-state index contributed by atoms with van der Waals surface area (Å²) in [6.45, 7) is 1.24. The highest BCUT2D eigenvalue weighted by Crippen LogP contribution is 2.19. The van der Waals surface area contributed by atoms with Crippen molar-refractivity contribution in [1.82, 2.24) is 15.2 Å². The standard InChI is InChI=1S/C14H16N4O3/c19-13(20)9-21-10-5-7-18(8-6-10)14-15-11-3-1-2-4-12(11)16-17-14/h1-4,10H,5-9H2,(H,19,20). The van der Waals surface area contributed by atoms with Gasteiger partial charge in [0.1, 0.15) is 12.1 Å². The molecule has 2 aromatic rings. The molecule has 0 spiro atoms. The van der Waals surface area contributed by atoms with Crippen molar-refractivity contribution in [3.63, 3.8) is 0 Å². The summed E-state index contributed by atoms with van der Waals surface area (Å²) in [6.07, 6.45) is 1.53. The molecule has 1 aliphatic rings. The van der Waals surface area contributed by atoms with Crippen molar-refractivity contribution in [2.24, 2.45) is 0 Å². The summed E-state index contributed by atoms with van der Waals surface area (Å²) in [4.78, 5) is 17.1. The quantitative estimate of drug-likeness (QED) is 0.901. The number of rotatable bonds is 4. The lowest BCUT2D eigenvalue weighted by Gasteiger charge is -2.31. The Balaban J connectivity index is 1.64. The monoisotopic (exact) mass is 288 g/mol. The molecule has 0 radical (unpaired) electrons. The Bertz CT molecular complexity index is 641. The van der Waals surface area contributed by atoms with Gasteiger partial charge in [0.05, 0.1) is 11.6 Å². The molecule has 7 heteroatoms. The van der Waals surface area contributed by atoms with E-state index in [9.17, 15) is 4.79 Å². The molecule has 0 atom stereocenters. The zero-order chi connectivity index (χ0) is 14.7. The summed E-state index contributed by atoms with van der Waals surface area (Å²) in [5.74, 6) is -0.315. The second kappa shape index (κ2) is 6.01. The molecule has 1 aliphatic heterocycles. The summed E-state index contributed by atoms with van der Waals surface area (Å²) >= 11 is 0. The smallest absolute Gasteiger partial charge is 0.329 e. The Morgan fingerprint density at radius 2 is 1.95 bits per heavy atom. The van der Waals surface area contributed by atoms with Crippen molar-refractivity contribution in [2.75, 3.05) is 24.6 Å². The van der Waals surface area contributed by atoms with E-state index in [1.54, 1.807) is 0 Å². The number of aromatic nitrogens is 3. The number of carboxylic acid groups (broad SMARTS) is 1. The molecule has 7 nitrogen and oxygen atoms in total. The van der Waals surface area contributed by atoms with E-state index in [0.717, 1.165) is 37.0 Å². The molecule has 0 amide bonds. The highest BCUT2D eigenvalue weighted by Gasteiger charge is 2.22. The Kier molecular flexibility index (Phi) is 3.92. The predicted octanol–water partition coefficient (Wildman–Crippen LogP) is 1.09. The van der Waals surface area contributed by atoms with Gasteiger partial charge in [-0.05, 0) is 25.0 Å². The molecule has 1 aromatic carbocycles. The van der Waals surface area contributed by atoms with Crippen LogP contribution in [0.4, 0.5) is 5.95 Å². The van der Waals surface area contributed by atoms with E-state index >= 15 is 0 Å². The van der Waals surface area contributed by atoms with Crippen LogP contribution in [0.5, 0.6) is 0 Å². The Hall–Kier alpha value is -2.28. The van der Waals surface area contributed by atoms with Crippen molar-refractivity contribution >= 4 is 23.0 Å². The van der Waals surface area contributed by atoms with Gasteiger partial charge in [0, 0.05) is 13.1 Å². The van der Waals surface area contributed by atoms with Crippen molar-refractivity contribution < 1.29 is 14.6 Å². The number of ether oxygens (including phenoxy) is 1. The third kappa shape index (κ3) is 3.25. The van der Waals surface area contributed by atoms with Crippen LogP contribution in [-0.4, -0.2) is 52.1 Å². The molecule has 0 saturated carbocycles. The van der Waals surface area contributed by atoms with Gasteiger partial charge in [0.15, 0.2) is 0 Å². The van der Waals surface area contributed by atoms with Crippen molar-refractivity contribution in [3.05, 3.63) is 24.3 Å². The first-order valence-corrected chi connectivity index (χ1v) is 6.90. The number of carboxylic acids is 1. The summed E-state index contributed by atoms with van der Waals surface area (Å²) in [6, 6.07) is 7.62. The number of para-hydroxylation sites is 1. The molecule has 1 aromatic heterocycles. The number of carbonyl (C=O) groups is 1. The van der Waals surface area contributed by atoms with Gasteiger partial charge in [-0.3, -0.25) is 0 Å². The van der Waals surface area contributed by atoms with Crippen LogP contribution in [0.3, 0.4) is 0 Å². The van der Waals surface area contributed by atoms with Crippen LogP contribution in [-0.2, 0) is 9.53 Å². The molecule has 1 saturated heterocycles. The van der Waals surface area contributed by atoms with Crippen LogP contribution < -0.4 is 4.90 Å². The van der Waals surface area contributed by atoms with E-state index < -0.39 is 5.97 Å². The fourth-order valence-corrected chi connectivity index (χ4v) is 2.42. The van der Waals surface area contributed by atoms with Gasteiger partial charge in [-0.1, -0.05) is 12.1 Å². The zero-order valence-corrected chi connectivity index (χ0v) is 11.5. The number of piperidine rings is 1. The molecule has 0 unspecified atom stereocenters. The van der Waals surface area contributed by atoms with Gasteiger partial charge in [0.2, 0.25) is 5.95 Å². The van der Waals surface area contributed by atoms with Gasteiger partial charge < -0.3 is 14.7 Å². The fraction of sp³-hybridized carbons (Fsp3) is 0.429. The topological polar surface area (TPSA) is 88.4 Å². The normalized spacial score (nSPS) is 16.3. The number of hydrogen-bond donors (Lipinski definition) is 1. The Labute approximate surface area is 121 Å². The molecular formula is C14H16N4O3. The molecule has 110 valence electrons. The van der Waals surface area contributed by atoms with Crippen LogP contribution in [0.15, 0.2) is 24.3 Å². The predicted molar refractivity (Wildman–Crippen MR) is 76.2 cm³/mol. The number of fused-ring (bicyclic) bond motifs is 1. The maximum Gasteiger partial charge on any atom is 0.329 e. The fourth-order valence-electron chi connectivity index (χ4n) is 2.42. The lowest BCUT2D eigenvalue weighted by Crippen LogP contribution is -2.38. The number of anilines is 1. The van der Waals surface area contributed by atoms with E-state index in [-0.39, 0.29) is 12.7 Å². The van der Waals surface area contributed by atoms with Crippen molar-refractivity contribution in [1.29, 1.82) is 0 Å². The van der Waals surface area contributed by atoms with E-state index in [2.05, 4.69) is 20.1 Å². The summed E-state index contributed by atoms with van der Waals surface area (Å²) < 4.78 is 5.32. The number of nitrogens with zero attached hydrogens (tertiary/aromatic N) is 4. The lowest BCUT2D eigenvalue weighted by atomic mass is 10.1. The molecule has 3 rings (SSSR count).